The van der Waals surface area contributed by atoms with E-state index < -0.39 is 15.7 Å². The maximum absolute atomic E-state index is 13.8. The molecule has 0 N–H and O–H groups in total. The molecular weight excluding hydrogens is 507 g/mol. The van der Waals surface area contributed by atoms with Gasteiger partial charge in [-0.2, -0.15) is 0 Å². The van der Waals surface area contributed by atoms with Crippen molar-refractivity contribution >= 4 is 27.3 Å². The van der Waals surface area contributed by atoms with Gasteiger partial charge in [0.2, 0.25) is 0 Å². The number of ether oxygens (including phenoxy) is 1. The Morgan fingerprint density at radius 2 is 1.89 bits per heavy atom. The van der Waals surface area contributed by atoms with E-state index in [1.54, 1.807) is 6.07 Å². The number of methoxy groups -OCH3 is 1. The lowest BCUT2D eigenvalue weighted by Gasteiger charge is -2.35. The summed E-state index contributed by atoms with van der Waals surface area (Å²) in [4.78, 5) is 8.54. The van der Waals surface area contributed by atoms with Crippen molar-refractivity contribution in [1.82, 2.24) is 24.6 Å². The van der Waals surface area contributed by atoms with E-state index in [4.69, 9.17) is 16.3 Å². The highest BCUT2D eigenvalue weighted by molar-refractivity contribution is 7.92. The minimum absolute atomic E-state index is 0.0306. The molecule has 0 spiro atoms. The first-order valence-electron chi connectivity index (χ1n) is 11.9. The fourth-order valence-electron chi connectivity index (χ4n) is 5.43. The van der Waals surface area contributed by atoms with Gasteiger partial charge in [0, 0.05) is 42.7 Å². The van der Waals surface area contributed by atoms with Gasteiger partial charge in [-0.15, -0.1) is 10.2 Å². The van der Waals surface area contributed by atoms with E-state index in [0.717, 1.165) is 48.8 Å². The van der Waals surface area contributed by atoms with E-state index in [1.165, 1.54) is 13.3 Å². The Kier molecular flexibility index (Phi) is 5.88. The molecule has 3 aliphatic rings. The Morgan fingerprint density at radius 1 is 1.11 bits per heavy atom. The van der Waals surface area contributed by atoms with Gasteiger partial charge in [-0.05, 0) is 36.6 Å². The van der Waals surface area contributed by atoms with Crippen LogP contribution in [0.15, 0.2) is 30.5 Å². The van der Waals surface area contributed by atoms with Crippen LogP contribution in [0.1, 0.15) is 36.0 Å². The van der Waals surface area contributed by atoms with Crippen LogP contribution in [0.5, 0.6) is 5.75 Å². The monoisotopic (exact) mass is 532 g/mol. The van der Waals surface area contributed by atoms with Crippen molar-refractivity contribution < 1.29 is 17.5 Å². The third-order valence-electron chi connectivity index (χ3n) is 7.37. The summed E-state index contributed by atoms with van der Waals surface area (Å²) in [5.74, 6) is 2.64. The predicted molar refractivity (Wildman–Crippen MR) is 133 cm³/mol. The Bertz CT molecular complexity index is 1410. The quantitative estimate of drug-likeness (QED) is 0.506. The average Bonchev–Trinajstić information content (AvgIpc) is 3.18. The molecular formula is C24H26ClFN6O3S. The van der Waals surface area contributed by atoms with Crippen molar-refractivity contribution in [2.75, 3.05) is 36.6 Å². The fourth-order valence-corrected chi connectivity index (χ4v) is 7.12. The lowest BCUT2D eigenvalue weighted by molar-refractivity contribution is 0.193. The van der Waals surface area contributed by atoms with Gasteiger partial charge in [-0.25, -0.2) is 17.8 Å². The van der Waals surface area contributed by atoms with E-state index in [9.17, 15) is 12.8 Å². The number of rotatable bonds is 4. The summed E-state index contributed by atoms with van der Waals surface area (Å²) in [5.41, 5.74) is 2.03. The third kappa shape index (κ3) is 4.22. The highest BCUT2D eigenvalue weighted by Gasteiger charge is 2.40. The number of nitrogens with zero attached hydrogens (tertiary/aromatic N) is 6. The molecule has 2 saturated heterocycles. The third-order valence-corrected chi connectivity index (χ3v) is 9.39. The zero-order valence-electron chi connectivity index (χ0n) is 19.8. The highest BCUT2D eigenvalue weighted by atomic mass is 35.5. The molecule has 1 aromatic carbocycles. The summed E-state index contributed by atoms with van der Waals surface area (Å²) in [7, 11) is -1.50. The normalized spacial score (nSPS) is 20.4. The van der Waals surface area contributed by atoms with Crippen molar-refractivity contribution in [3.8, 4) is 11.4 Å². The van der Waals surface area contributed by atoms with Crippen LogP contribution in [-0.2, 0) is 22.9 Å². The molecule has 12 heteroatoms. The number of sulfone groups is 1. The number of halogens is 2. The van der Waals surface area contributed by atoms with Crippen LogP contribution in [-0.4, -0.2) is 70.8 Å². The number of fused-ring (bicyclic) bond motifs is 3. The number of hydrogen-bond acceptors (Lipinski definition) is 8. The SMILES string of the molecule is COc1cc(N2CCC(c3nnc4n3-c3ccc(Cl)cc3CN(C3CS(=O)(=O)C3)C4)CC2)ncc1F. The van der Waals surface area contributed by atoms with E-state index >= 15 is 0 Å². The number of pyridine rings is 1. The van der Waals surface area contributed by atoms with Gasteiger partial charge in [-0.3, -0.25) is 9.47 Å². The smallest absolute Gasteiger partial charge is 0.183 e. The number of piperidine rings is 1. The van der Waals surface area contributed by atoms with Crippen LogP contribution in [0, 0.1) is 5.82 Å². The van der Waals surface area contributed by atoms with Crippen LogP contribution in [0.2, 0.25) is 5.02 Å². The summed E-state index contributed by atoms with van der Waals surface area (Å²) in [6.45, 7) is 2.62. The Labute approximate surface area is 213 Å². The minimum atomic E-state index is -2.95. The molecule has 6 rings (SSSR count). The van der Waals surface area contributed by atoms with Gasteiger partial charge in [0.05, 0.1) is 37.0 Å². The number of anilines is 1. The van der Waals surface area contributed by atoms with Gasteiger partial charge in [0.1, 0.15) is 11.6 Å². The first-order chi connectivity index (χ1) is 17.3. The molecule has 0 saturated carbocycles. The number of hydrogen-bond donors (Lipinski definition) is 0. The average molecular weight is 533 g/mol. The van der Waals surface area contributed by atoms with Crippen LogP contribution in [0.3, 0.4) is 0 Å². The number of benzene rings is 1. The molecule has 5 heterocycles. The standard InChI is InChI=1S/C24H26ClFN6O3S/c1-35-21-9-22(27-10-19(21)26)30-6-4-15(5-7-30)24-29-28-23-12-31(18-13-36(33,34)14-18)11-16-8-17(25)2-3-20(16)32(23)24/h2-3,8-10,15,18H,4-7,11-14H2,1H3. The molecule has 2 aromatic heterocycles. The second kappa shape index (κ2) is 8.97. The van der Waals surface area contributed by atoms with Gasteiger partial charge in [0.25, 0.3) is 0 Å². The van der Waals surface area contributed by atoms with Gasteiger partial charge < -0.3 is 9.64 Å². The van der Waals surface area contributed by atoms with Crippen LogP contribution in [0.4, 0.5) is 10.2 Å². The molecule has 0 atom stereocenters. The molecule has 3 aliphatic heterocycles. The largest absolute Gasteiger partial charge is 0.493 e. The first kappa shape index (κ1) is 23.6. The maximum atomic E-state index is 13.8. The Balaban J connectivity index is 1.27. The summed E-state index contributed by atoms with van der Waals surface area (Å²) >= 11 is 6.35. The Morgan fingerprint density at radius 3 is 2.61 bits per heavy atom. The summed E-state index contributed by atoms with van der Waals surface area (Å²) < 4.78 is 44.7. The molecule has 0 amide bonds. The molecule has 0 radical (unpaired) electrons. The molecule has 3 aromatic rings. The van der Waals surface area contributed by atoms with E-state index in [2.05, 4.69) is 29.5 Å². The van der Waals surface area contributed by atoms with Crippen molar-refractivity contribution in [3.63, 3.8) is 0 Å². The molecule has 9 nitrogen and oxygen atoms in total. The lowest BCUT2D eigenvalue weighted by atomic mass is 9.95. The number of aromatic nitrogens is 4. The zero-order valence-corrected chi connectivity index (χ0v) is 21.3. The predicted octanol–water partition coefficient (Wildman–Crippen LogP) is 2.96. The topological polar surface area (TPSA) is 93.5 Å². The van der Waals surface area contributed by atoms with Crippen molar-refractivity contribution in [3.05, 3.63) is 58.5 Å². The minimum Gasteiger partial charge on any atom is -0.493 e. The summed E-state index contributed by atoms with van der Waals surface area (Å²) in [5, 5.41) is 9.82. The van der Waals surface area contributed by atoms with E-state index in [-0.39, 0.29) is 29.2 Å². The molecule has 0 unspecified atom stereocenters. The van der Waals surface area contributed by atoms with Crippen LogP contribution >= 0.6 is 11.6 Å². The fraction of sp³-hybridized carbons (Fsp3) is 0.458. The molecule has 190 valence electrons. The van der Waals surface area contributed by atoms with Crippen molar-refractivity contribution in [2.45, 2.75) is 37.9 Å². The molecule has 0 aliphatic carbocycles. The second-order valence-corrected chi connectivity index (χ2v) is 12.2. The van der Waals surface area contributed by atoms with Gasteiger partial charge in [0.15, 0.2) is 27.2 Å². The molecule has 2 fully saturated rings. The van der Waals surface area contributed by atoms with Gasteiger partial charge >= 0.3 is 0 Å². The Hall–Kier alpha value is -2.76. The van der Waals surface area contributed by atoms with E-state index in [1.807, 2.05) is 18.2 Å². The zero-order chi connectivity index (χ0) is 25.0. The van der Waals surface area contributed by atoms with Crippen LogP contribution in [0.25, 0.3) is 5.69 Å². The van der Waals surface area contributed by atoms with Crippen molar-refractivity contribution in [1.29, 1.82) is 0 Å². The lowest BCUT2D eigenvalue weighted by Crippen LogP contribution is -2.52. The maximum Gasteiger partial charge on any atom is 0.183 e. The van der Waals surface area contributed by atoms with Gasteiger partial charge in [-0.1, -0.05) is 11.6 Å². The summed E-state index contributed by atoms with van der Waals surface area (Å²) in [6, 6.07) is 7.42. The molecule has 36 heavy (non-hydrogen) atoms. The first-order valence-corrected chi connectivity index (χ1v) is 14.1. The summed E-state index contributed by atoms with van der Waals surface area (Å²) in [6.07, 6.45) is 2.87. The molecule has 0 bridgehead atoms. The van der Waals surface area contributed by atoms with E-state index in [0.29, 0.717) is 23.9 Å². The van der Waals surface area contributed by atoms with Crippen molar-refractivity contribution in [2.24, 2.45) is 0 Å². The highest BCUT2D eigenvalue weighted by Crippen LogP contribution is 2.36. The second-order valence-electron chi connectivity index (χ2n) is 9.66. The van der Waals surface area contributed by atoms with Crippen LogP contribution < -0.4 is 9.64 Å².